The summed E-state index contributed by atoms with van der Waals surface area (Å²) in [5.74, 6) is -0.657. The molecule has 4 atom stereocenters. The maximum absolute atomic E-state index is 12.9. The van der Waals surface area contributed by atoms with E-state index in [0.717, 1.165) is 4.90 Å². The van der Waals surface area contributed by atoms with Crippen LogP contribution in [0.15, 0.2) is 0 Å². The number of aliphatic hydroxyl groups is 1. The minimum absolute atomic E-state index is 0.195. The van der Waals surface area contributed by atoms with Crippen molar-refractivity contribution < 1.29 is 28.3 Å². The van der Waals surface area contributed by atoms with Crippen LogP contribution in [-0.2, 0) is 4.74 Å². The van der Waals surface area contributed by atoms with Gasteiger partial charge >= 0.3 is 6.09 Å². The molecule has 0 aromatic heterocycles. The number of amides is 1. The molecule has 0 radical (unpaired) electrons. The monoisotopic (exact) mass is 322 g/mol. The molecule has 2 saturated heterocycles. The van der Waals surface area contributed by atoms with Crippen molar-refractivity contribution in [2.45, 2.75) is 63.3 Å². The first kappa shape index (κ1) is 16.9. The van der Waals surface area contributed by atoms with E-state index < -0.39 is 46.6 Å². The molecule has 2 heterocycles. The highest BCUT2D eigenvalue weighted by Crippen LogP contribution is 2.53. The van der Waals surface area contributed by atoms with Crippen molar-refractivity contribution in [3.63, 3.8) is 0 Å². The number of rotatable bonds is 3. The third-order valence-electron chi connectivity index (χ3n) is 4.45. The Hall–Kier alpha value is -1.51. The first-order valence-corrected chi connectivity index (χ1v) is 7.12. The second-order valence-corrected chi connectivity index (χ2v) is 6.83. The molecule has 126 valence electrons. The number of nitrogens with zero attached hydrogens (tertiary/aromatic N) is 2. The van der Waals surface area contributed by atoms with Crippen LogP contribution in [0.25, 0.3) is 0 Å². The number of halogens is 2. The highest BCUT2D eigenvalue weighted by Gasteiger charge is 2.75. The van der Waals surface area contributed by atoms with Crippen LogP contribution in [0.2, 0.25) is 0 Å². The van der Waals surface area contributed by atoms with Gasteiger partial charge in [-0.25, -0.2) is 13.6 Å². The van der Waals surface area contributed by atoms with E-state index in [0.29, 0.717) is 0 Å². The Labute approximate surface area is 126 Å². The second-order valence-electron chi connectivity index (χ2n) is 6.83. The predicted octanol–water partition coefficient (Wildman–Crippen LogP) is 1.66. The highest BCUT2D eigenvalue weighted by molar-refractivity contribution is 5.69. The lowest BCUT2D eigenvalue weighted by Crippen LogP contribution is -2.79. The number of alkyl halides is 2. The fourth-order valence-electron chi connectivity index (χ4n) is 3.49. The molecular weight excluding hydrogens is 302 g/mol. The van der Waals surface area contributed by atoms with Crippen LogP contribution in [0.4, 0.5) is 13.6 Å². The van der Waals surface area contributed by atoms with Gasteiger partial charge in [0.2, 0.25) is 0 Å². The molecular formula is C13H20F2N2O5. The van der Waals surface area contributed by atoms with Crippen LogP contribution >= 0.6 is 0 Å². The van der Waals surface area contributed by atoms with Crippen LogP contribution in [-0.4, -0.2) is 57.3 Å². The Bertz CT molecular complexity index is 480. The average molecular weight is 322 g/mol. The van der Waals surface area contributed by atoms with Crippen molar-refractivity contribution >= 4 is 6.09 Å². The molecule has 2 aliphatic heterocycles. The molecule has 22 heavy (non-hydrogen) atoms. The van der Waals surface area contributed by atoms with Gasteiger partial charge in [0.1, 0.15) is 11.6 Å². The molecule has 9 heteroatoms. The van der Waals surface area contributed by atoms with Crippen molar-refractivity contribution in [3.05, 3.63) is 10.1 Å². The quantitative estimate of drug-likeness (QED) is 0.630. The smallest absolute Gasteiger partial charge is 0.410 e. The lowest BCUT2D eigenvalue weighted by Gasteiger charge is -2.57. The molecule has 0 spiro atoms. The first-order chi connectivity index (χ1) is 10.0. The van der Waals surface area contributed by atoms with Crippen LogP contribution in [0.1, 0.15) is 33.6 Å². The molecule has 4 unspecified atom stereocenters. The number of carbonyl (C=O) groups is 1. The maximum Gasteiger partial charge on any atom is 0.410 e. The average Bonchev–Trinajstić information content (AvgIpc) is 2.36. The fraction of sp³-hybridized carbons (Fsp3) is 0.923. The Morgan fingerprint density at radius 2 is 2.09 bits per heavy atom. The summed E-state index contributed by atoms with van der Waals surface area (Å²) in [7, 11) is 0. The van der Waals surface area contributed by atoms with Gasteiger partial charge in [0, 0.05) is 17.4 Å². The minimum Gasteiger partial charge on any atom is -0.444 e. The van der Waals surface area contributed by atoms with Crippen molar-refractivity contribution in [1.29, 1.82) is 0 Å². The van der Waals surface area contributed by atoms with Crippen molar-refractivity contribution in [2.24, 2.45) is 5.92 Å². The third kappa shape index (κ3) is 2.41. The normalized spacial score (nSPS) is 32.4. The zero-order valence-electron chi connectivity index (χ0n) is 12.7. The number of hydrogen-bond acceptors (Lipinski definition) is 5. The van der Waals surface area contributed by atoms with Gasteiger partial charge in [-0.05, 0) is 33.6 Å². The number of fused-ring (bicyclic) bond motifs is 2. The van der Waals surface area contributed by atoms with Gasteiger partial charge in [0.15, 0.2) is 6.10 Å². The van der Waals surface area contributed by atoms with Crippen LogP contribution in [0.5, 0.6) is 0 Å². The number of aliphatic hydroxyl groups excluding tert-OH is 1. The Kier molecular flexibility index (Phi) is 4.05. The van der Waals surface area contributed by atoms with Gasteiger partial charge in [-0.3, -0.25) is 15.0 Å². The Balaban J connectivity index is 2.28. The zero-order valence-corrected chi connectivity index (χ0v) is 12.7. The van der Waals surface area contributed by atoms with E-state index in [1.54, 1.807) is 20.8 Å². The first-order valence-electron chi connectivity index (χ1n) is 7.12. The summed E-state index contributed by atoms with van der Waals surface area (Å²) >= 11 is 0. The van der Waals surface area contributed by atoms with Crippen molar-refractivity contribution in [1.82, 2.24) is 4.90 Å². The number of carbonyl (C=O) groups excluding carboxylic acids is 1. The van der Waals surface area contributed by atoms with E-state index in [2.05, 4.69) is 0 Å². The largest absolute Gasteiger partial charge is 0.444 e. The molecule has 3 fully saturated rings. The van der Waals surface area contributed by atoms with Crippen molar-refractivity contribution in [3.8, 4) is 0 Å². The summed E-state index contributed by atoms with van der Waals surface area (Å²) in [6.45, 7) is 5.14. The molecule has 3 aliphatic rings. The summed E-state index contributed by atoms with van der Waals surface area (Å²) in [5.41, 5.74) is -3.00. The summed E-state index contributed by atoms with van der Waals surface area (Å²) in [6, 6.07) is -1.07. The molecule has 3 rings (SSSR count). The lowest BCUT2D eigenvalue weighted by molar-refractivity contribution is -0.628. The zero-order chi connectivity index (χ0) is 16.9. The summed E-state index contributed by atoms with van der Waals surface area (Å²) in [4.78, 5) is 23.9. The van der Waals surface area contributed by atoms with E-state index in [1.165, 1.54) is 0 Å². The summed E-state index contributed by atoms with van der Waals surface area (Å²) in [5, 5.41) is 21.2. The van der Waals surface area contributed by atoms with Crippen LogP contribution in [0.3, 0.4) is 0 Å². The summed E-state index contributed by atoms with van der Waals surface area (Å²) in [6.07, 6.45) is -6.00. The van der Waals surface area contributed by atoms with Gasteiger partial charge in [-0.1, -0.05) is 0 Å². The topological polar surface area (TPSA) is 92.9 Å². The van der Waals surface area contributed by atoms with Gasteiger partial charge in [-0.2, -0.15) is 0 Å². The lowest BCUT2D eigenvalue weighted by atomic mass is 9.56. The SMILES string of the molecule is CC(C)(C)OC(=O)N1CCC2CC1C2(C(O)C(F)F)[N+](=O)[O-]. The Morgan fingerprint density at radius 3 is 2.50 bits per heavy atom. The number of nitro groups is 1. The van der Waals surface area contributed by atoms with E-state index in [4.69, 9.17) is 4.74 Å². The molecule has 2 bridgehead atoms. The van der Waals surface area contributed by atoms with E-state index >= 15 is 0 Å². The van der Waals surface area contributed by atoms with Gasteiger partial charge in [-0.15, -0.1) is 0 Å². The van der Waals surface area contributed by atoms with E-state index in [9.17, 15) is 28.8 Å². The van der Waals surface area contributed by atoms with E-state index in [-0.39, 0.29) is 19.4 Å². The number of ether oxygens (including phenoxy) is 1. The predicted molar refractivity (Wildman–Crippen MR) is 71.2 cm³/mol. The molecule has 1 saturated carbocycles. The fourth-order valence-corrected chi connectivity index (χ4v) is 3.49. The van der Waals surface area contributed by atoms with Gasteiger partial charge in [0.05, 0.1) is 0 Å². The Morgan fingerprint density at radius 1 is 1.50 bits per heavy atom. The van der Waals surface area contributed by atoms with E-state index in [1.807, 2.05) is 0 Å². The molecule has 0 aromatic rings. The molecule has 0 aromatic carbocycles. The van der Waals surface area contributed by atoms with Gasteiger partial charge in [0.25, 0.3) is 12.0 Å². The van der Waals surface area contributed by atoms with Crippen LogP contribution < -0.4 is 0 Å². The maximum atomic E-state index is 12.9. The number of hydrogen-bond donors (Lipinski definition) is 1. The molecule has 1 amide bonds. The van der Waals surface area contributed by atoms with Crippen molar-refractivity contribution in [2.75, 3.05) is 6.54 Å². The molecule has 1 aliphatic carbocycles. The second kappa shape index (κ2) is 5.29. The molecule has 1 N–H and O–H groups in total. The minimum atomic E-state index is -3.24. The summed E-state index contributed by atoms with van der Waals surface area (Å²) < 4.78 is 31.0. The van der Waals surface area contributed by atoms with Gasteiger partial charge < -0.3 is 9.84 Å². The standard InChI is InChI=1S/C13H20F2N2O5/c1-12(2,3)22-11(19)16-5-4-7-6-8(16)13(7,17(20)21)9(18)10(14)15/h7-10,18H,4-6H2,1-3H3. The highest BCUT2D eigenvalue weighted by atomic mass is 19.3. The van der Waals surface area contributed by atoms with Crippen LogP contribution in [0, 0.1) is 16.0 Å². The number of piperidine rings is 2. The molecule has 7 nitrogen and oxygen atoms in total. The third-order valence-corrected chi connectivity index (χ3v) is 4.45.